The molecule has 0 fully saturated rings. The average molecular weight is 359 g/mol. The summed E-state index contributed by atoms with van der Waals surface area (Å²) in [7, 11) is 0. The lowest BCUT2D eigenvalue weighted by molar-refractivity contribution is -0.141. The zero-order valence-corrected chi connectivity index (χ0v) is 13.6. The molecule has 0 aliphatic rings. The summed E-state index contributed by atoms with van der Waals surface area (Å²) in [5.41, 5.74) is 14.8. The van der Waals surface area contributed by atoms with Gasteiger partial charge in [-0.1, -0.05) is 0 Å². The Morgan fingerprint density at radius 1 is 0.826 bits per heavy atom. The van der Waals surface area contributed by atoms with Crippen LogP contribution in [0.2, 0.25) is 0 Å². The van der Waals surface area contributed by atoms with Crippen LogP contribution in [0.5, 0.6) is 0 Å². The van der Waals surface area contributed by atoms with Crippen molar-refractivity contribution in [2.45, 2.75) is 44.2 Å². The van der Waals surface area contributed by atoms with E-state index in [2.05, 4.69) is 12.6 Å². The first-order valence-electron chi connectivity index (χ1n) is 6.21. The number of carboxylic acid groups (broad SMARTS) is 3. The van der Waals surface area contributed by atoms with Gasteiger partial charge in [0.25, 0.3) is 0 Å². The number of nitrogens with two attached hydrogens (primary N) is 3. The summed E-state index contributed by atoms with van der Waals surface area (Å²) in [6.07, 6.45) is -1.96. The normalized spacial score (nSPS) is 16.2. The van der Waals surface area contributed by atoms with Gasteiger partial charge in [0.1, 0.15) is 18.1 Å². The third-order valence-corrected chi connectivity index (χ3v) is 2.52. The molecule has 0 aromatic rings. The van der Waals surface area contributed by atoms with Crippen LogP contribution in [-0.2, 0) is 14.4 Å². The zero-order valence-electron chi connectivity index (χ0n) is 12.7. The SMILES string of the molecule is C[C@@H](O)[C@H](N)C(=O)O.C[C@@H](O)[C@H](N)C(=O)O.N[C@@H](CS)C(=O)O. The first-order valence-corrected chi connectivity index (χ1v) is 6.84. The van der Waals surface area contributed by atoms with Crippen molar-refractivity contribution in [2.24, 2.45) is 17.2 Å². The Kier molecular flexibility index (Phi) is 16.3. The third-order valence-electron chi connectivity index (χ3n) is 2.12. The molecule has 0 spiro atoms. The Morgan fingerprint density at radius 3 is 1.09 bits per heavy atom. The lowest BCUT2D eigenvalue weighted by atomic mass is 10.2. The number of carboxylic acids is 3. The number of aliphatic hydroxyl groups excluding tert-OH is 2. The van der Waals surface area contributed by atoms with Crippen LogP contribution in [0.3, 0.4) is 0 Å². The van der Waals surface area contributed by atoms with Gasteiger partial charge in [0.05, 0.1) is 12.2 Å². The molecule has 12 heteroatoms. The fraction of sp³-hybridized carbons (Fsp3) is 0.727. The van der Waals surface area contributed by atoms with Crippen molar-refractivity contribution < 1.29 is 39.9 Å². The lowest BCUT2D eigenvalue weighted by Crippen LogP contribution is -2.39. The molecule has 11 nitrogen and oxygen atoms in total. The standard InChI is InChI=1S/2C4H9NO3.C3H7NO2S/c2*1-2(6)3(5)4(7)8;4-2(1-7)3(5)6/h2*2-3,6H,5H2,1H3,(H,7,8);2,7H,1,4H2,(H,5,6)/t2*2-,3+;2-/m110/s1. The minimum absolute atomic E-state index is 0.190. The van der Waals surface area contributed by atoms with Crippen molar-refractivity contribution in [3.63, 3.8) is 0 Å². The molecule has 0 aromatic heterocycles. The molecule has 0 aliphatic carbocycles. The molecule has 0 radical (unpaired) electrons. The van der Waals surface area contributed by atoms with Gasteiger partial charge in [-0.2, -0.15) is 12.6 Å². The molecule has 0 aromatic carbocycles. The second-order valence-corrected chi connectivity index (χ2v) is 4.70. The van der Waals surface area contributed by atoms with Gasteiger partial charge >= 0.3 is 17.9 Å². The number of carbonyl (C=O) groups is 3. The summed E-state index contributed by atoms with van der Waals surface area (Å²) >= 11 is 3.65. The van der Waals surface area contributed by atoms with Crippen LogP contribution >= 0.6 is 12.6 Å². The maximum absolute atomic E-state index is 9.86. The number of rotatable bonds is 6. The minimum atomic E-state index is -1.18. The van der Waals surface area contributed by atoms with E-state index in [-0.39, 0.29) is 5.75 Å². The van der Waals surface area contributed by atoms with Gasteiger partial charge in [-0.3, -0.25) is 14.4 Å². The van der Waals surface area contributed by atoms with Crippen molar-refractivity contribution in [1.82, 2.24) is 0 Å². The van der Waals surface area contributed by atoms with Crippen LogP contribution in [0.1, 0.15) is 13.8 Å². The maximum atomic E-state index is 9.86. The Balaban J connectivity index is -0.000000262. The number of aliphatic hydroxyl groups is 2. The smallest absolute Gasteiger partial charge is 0.323 e. The zero-order chi connectivity index (χ0) is 19.3. The highest BCUT2D eigenvalue weighted by molar-refractivity contribution is 7.80. The predicted octanol–water partition coefficient (Wildman–Crippen LogP) is -3.11. The minimum Gasteiger partial charge on any atom is -0.480 e. The molecule has 5 atom stereocenters. The van der Waals surface area contributed by atoms with Gasteiger partial charge in [0.2, 0.25) is 0 Å². The molecule has 0 aliphatic heterocycles. The van der Waals surface area contributed by atoms with Crippen LogP contribution in [-0.4, -0.2) is 79.5 Å². The van der Waals surface area contributed by atoms with E-state index in [9.17, 15) is 14.4 Å². The topological polar surface area (TPSA) is 230 Å². The number of hydrogen-bond donors (Lipinski definition) is 9. The molecule has 138 valence electrons. The fourth-order valence-corrected chi connectivity index (χ4v) is 0.647. The van der Waals surface area contributed by atoms with Crippen molar-refractivity contribution in [3.8, 4) is 0 Å². The second-order valence-electron chi connectivity index (χ2n) is 4.34. The molecule has 0 unspecified atom stereocenters. The molecule has 0 saturated carbocycles. The molecule has 0 rings (SSSR count). The van der Waals surface area contributed by atoms with Gasteiger partial charge in [-0.05, 0) is 13.8 Å². The highest BCUT2D eigenvalue weighted by Gasteiger charge is 2.16. The van der Waals surface area contributed by atoms with Gasteiger partial charge < -0.3 is 42.7 Å². The van der Waals surface area contributed by atoms with Crippen LogP contribution in [0.4, 0.5) is 0 Å². The van der Waals surface area contributed by atoms with E-state index in [0.29, 0.717) is 0 Å². The summed E-state index contributed by atoms with van der Waals surface area (Å²) in [4.78, 5) is 29.5. The average Bonchev–Trinajstić information content (AvgIpc) is 2.45. The summed E-state index contributed by atoms with van der Waals surface area (Å²) in [5.74, 6) is -3.18. The quantitative estimate of drug-likeness (QED) is 0.215. The van der Waals surface area contributed by atoms with Gasteiger partial charge in [-0.15, -0.1) is 0 Å². The van der Waals surface area contributed by atoms with Crippen molar-refractivity contribution in [1.29, 1.82) is 0 Å². The molecule has 0 bridgehead atoms. The third kappa shape index (κ3) is 16.8. The number of aliphatic carboxylic acids is 3. The van der Waals surface area contributed by atoms with E-state index >= 15 is 0 Å². The first kappa shape index (κ1) is 26.5. The maximum Gasteiger partial charge on any atom is 0.323 e. The largest absolute Gasteiger partial charge is 0.480 e. The molecular formula is C11H25N3O8S. The first-order chi connectivity index (χ1) is 10.3. The summed E-state index contributed by atoms with van der Waals surface area (Å²) in [6.45, 7) is 2.66. The van der Waals surface area contributed by atoms with Crippen LogP contribution in [0.15, 0.2) is 0 Å². The predicted molar refractivity (Wildman–Crippen MR) is 84.0 cm³/mol. The van der Waals surface area contributed by atoms with E-state index in [0.717, 1.165) is 0 Å². The van der Waals surface area contributed by atoms with Crippen molar-refractivity contribution >= 4 is 30.5 Å². The van der Waals surface area contributed by atoms with Crippen LogP contribution in [0, 0.1) is 0 Å². The Labute approximate surface area is 138 Å². The van der Waals surface area contributed by atoms with E-state index in [1.165, 1.54) is 13.8 Å². The fourth-order valence-electron chi connectivity index (χ4n) is 0.491. The highest BCUT2D eigenvalue weighted by Crippen LogP contribution is 1.86. The van der Waals surface area contributed by atoms with Crippen LogP contribution in [0.25, 0.3) is 0 Å². The number of thiol groups is 1. The van der Waals surface area contributed by atoms with Crippen molar-refractivity contribution in [2.75, 3.05) is 5.75 Å². The second kappa shape index (κ2) is 14.2. The summed E-state index contributed by atoms with van der Waals surface area (Å²) in [6, 6.07) is -3.13. The molecule has 0 heterocycles. The Bertz CT molecular complexity index is 343. The molecule has 23 heavy (non-hydrogen) atoms. The van der Waals surface area contributed by atoms with E-state index < -0.39 is 48.2 Å². The molecule has 0 saturated heterocycles. The van der Waals surface area contributed by atoms with E-state index in [1.54, 1.807) is 0 Å². The van der Waals surface area contributed by atoms with Crippen molar-refractivity contribution in [3.05, 3.63) is 0 Å². The monoisotopic (exact) mass is 359 g/mol. The Morgan fingerprint density at radius 2 is 1.09 bits per heavy atom. The molecule has 0 amide bonds. The summed E-state index contributed by atoms with van der Waals surface area (Å²) in [5, 5.41) is 41.1. The lowest BCUT2D eigenvalue weighted by Gasteiger charge is -2.07. The number of hydrogen-bond acceptors (Lipinski definition) is 9. The molecule has 11 N–H and O–H groups in total. The van der Waals surface area contributed by atoms with Gasteiger partial charge in [-0.25, -0.2) is 0 Å². The van der Waals surface area contributed by atoms with Crippen LogP contribution < -0.4 is 17.2 Å². The summed E-state index contributed by atoms with van der Waals surface area (Å²) < 4.78 is 0. The van der Waals surface area contributed by atoms with E-state index in [4.69, 9.17) is 42.7 Å². The van der Waals surface area contributed by atoms with Gasteiger partial charge in [0, 0.05) is 5.75 Å². The Hall–Kier alpha value is -1.44. The highest BCUT2D eigenvalue weighted by atomic mass is 32.1. The molecular weight excluding hydrogens is 334 g/mol. The van der Waals surface area contributed by atoms with Gasteiger partial charge in [0.15, 0.2) is 0 Å². The van der Waals surface area contributed by atoms with E-state index in [1.807, 2.05) is 0 Å².